The van der Waals surface area contributed by atoms with Gasteiger partial charge in [0, 0.05) is 24.7 Å². The highest BCUT2D eigenvalue weighted by atomic mass is 19.1. The predicted octanol–water partition coefficient (Wildman–Crippen LogP) is 1.55. The number of nitrogens with two attached hydrogens (primary N) is 1. The number of nitrogens with zero attached hydrogens (tertiary/aromatic N) is 2. The van der Waals surface area contributed by atoms with Gasteiger partial charge in [0.05, 0.1) is 12.0 Å². The summed E-state index contributed by atoms with van der Waals surface area (Å²) in [7, 11) is 0. The van der Waals surface area contributed by atoms with Gasteiger partial charge in [0.2, 0.25) is 5.91 Å². The monoisotopic (exact) mass is 418 g/mol. The third-order valence-corrected chi connectivity index (χ3v) is 5.34. The molecular weight excluding hydrogens is 391 g/mol. The lowest BCUT2D eigenvalue weighted by Gasteiger charge is -2.34. The van der Waals surface area contributed by atoms with Crippen molar-refractivity contribution in [2.45, 2.75) is 31.8 Å². The van der Waals surface area contributed by atoms with Crippen LogP contribution >= 0.6 is 0 Å². The smallest absolute Gasteiger partial charge is 0.273 e. The highest BCUT2D eigenvalue weighted by Gasteiger charge is 2.31. The van der Waals surface area contributed by atoms with Crippen molar-refractivity contribution in [2.24, 2.45) is 11.7 Å². The Balaban J connectivity index is 1.32. The lowest BCUT2D eigenvalue weighted by atomic mass is 9.93. The highest BCUT2D eigenvalue weighted by Crippen LogP contribution is 2.21. The number of aromatic nitrogens is 1. The highest BCUT2D eigenvalue weighted by molar-refractivity contribution is 5.93. The van der Waals surface area contributed by atoms with E-state index in [1.807, 2.05) is 0 Å². The zero-order valence-corrected chi connectivity index (χ0v) is 16.7. The molecule has 0 radical (unpaired) electrons. The molecule has 0 aliphatic carbocycles. The van der Waals surface area contributed by atoms with E-state index in [2.05, 4.69) is 15.4 Å². The molecule has 162 valence electrons. The van der Waals surface area contributed by atoms with E-state index in [0.29, 0.717) is 30.8 Å². The number of aliphatic hydroxyl groups excluding tert-OH is 1. The van der Waals surface area contributed by atoms with Gasteiger partial charge in [-0.3, -0.25) is 9.59 Å². The summed E-state index contributed by atoms with van der Waals surface area (Å²) in [5.41, 5.74) is 6.11. The molecule has 4 N–H and O–H groups in total. The molecule has 2 heterocycles. The summed E-state index contributed by atoms with van der Waals surface area (Å²) in [6, 6.07) is 7.29. The lowest BCUT2D eigenvalue weighted by molar-refractivity contribution is -0.128. The largest absolute Gasteiger partial charge is 0.391 e. The standard InChI is InChI=1S/C21H27FN4O4/c22-15-6-4-14(5-7-15)19-12-17(25-30-19)21(29)24-9-2-1-3-10-26-11-8-16(20(23)28)18(27)13-26/h4-7,12,16,18,27H,1-3,8-11,13H2,(H2,23,28)(H,24,29). The van der Waals surface area contributed by atoms with Gasteiger partial charge in [-0.25, -0.2) is 4.39 Å². The molecule has 1 aromatic carbocycles. The van der Waals surface area contributed by atoms with Crippen molar-refractivity contribution in [2.75, 3.05) is 26.2 Å². The normalized spacial score (nSPS) is 19.5. The molecule has 0 saturated carbocycles. The molecule has 8 nitrogen and oxygen atoms in total. The third-order valence-electron chi connectivity index (χ3n) is 5.34. The van der Waals surface area contributed by atoms with Crippen LogP contribution in [0.2, 0.25) is 0 Å². The molecule has 30 heavy (non-hydrogen) atoms. The van der Waals surface area contributed by atoms with Crippen molar-refractivity contribution in [1.82, 2.24) is 15.4 Å². The fourth-order valence-electron chi connectivity index (χ4n) is 3.59. The van der Waals surface area contributed by atoms with Crippen LogP contribution in [0.25, 0.3) is 11.3 Å². The Morgan fingerprint density at radius 2 is 2.03 bits per heavy atom. The van der Waals surface area contributed by atoms with Crippen LogP contribution in [0, 0.1) is 11.7 Å². The Kier molecular flexibility index (Phi) is 7.53. The number of hydrogen-bond donors (Lipinski definition) is 3. The average Bonchev–Trinajstić information content (AvgIpc) is 3.21. The summed E-state index contributed by atoms with van der Waals surface area (Å²) in [5.74, 6) is -1.14. The number of primary amides is 1. The van der Waals surface area contributed by atoms with Crippen molar-refractivity contribution in [3.8, 4) is 11.3 Å². The quantitative estimate of drug-likeness (QED) is 0.531. The molecule has 2 unspecified atom stereocenters. The van der Waals surface area contributed by atoms with Crippen LogP contribution < -0.4 is 11.1 Å². The molecule has 0 bridgehead atoms. The van der Waals surface area contributed by atoms with Gasteiger partial charge in [0.1, 0.15) is 5.82 Å². The summed E-state index contributed by atoms with van der Waals surface area (Å²) in [6.45, 7) is 2.57. The zero-order chi connectivity index (χ0) is 21.5. The summed E-state index contributed by atoms with van der Waals surface area (Å²) >= 11 is 0. The Hall–Kier alpha value is -2.78. The maximum Gasteiger partial charge on any atom is 0.273 e. The summed E-state index contributed by atoms with van der Waals surface area (Å²) < 4.78 is 18.2. The van der Waals surface area contributed by atoms with Crippen LogP contribution in [0.5, 0.6) is 0 Å². The van der Waals surface area contributed by atoms with E-state index in [9.17, 15) is 19.1 Å². The van der Waals surface area contributed by atoms with E-state index in [1.165, 1.54) is 18.2 Å². The van der Waals surface area contributed by atoms with Crippen LogP contribution in [-0.4, -0.2) is 59.3 Å². The summed E-state index contributed by atoms with van der Waals surface area (Å²) in [6.07, 6.45) is 2.56. The first kappa shape index (κ1) is 21.9. The second kappa shape index (κ2) is 10.3. The fraction of sp³-hybridized carbons (Fsp3) is 0.476. The number of likely N-dealkylation sites (tertiary alicyclic amines) is 1. The van der Waals surface area contributed by atoms with E-state index in [4.69, 9.17) is 10.3 Å². The number of rotatable bonds is 9. The Morgan fingerprint density at radius 1 is 1.27 bits per heavy atom. The lowest BCUT2D eigenvalue weighted by Crippen LogP contribution is -2.48. The number of piperidine rings is 1. The van der Waals surface area contributed by atoms with Gasteiger partial charge in [0.15, 0.2) is 11.5 Å². The average molecular weight is 418 g/mol. The zero-order valence-electron chi connectivity index (χ0n) is 16.7. The maximum atomic E-state index is 13.0. The molecule has 2 aromatic rings. The first-order valence-corrected chi connectivity index (χ1v) is 10.1. The van der Waals surface area contributed by atoms with E-state index >= 15 is 0 Å². The van der Waals surface area contributed by atoms with Gasteiger partial charge < -0.3 is 25.6 Å². The Bertz CT molecular complexity index is 855. The van der Waals surface area contributed by atoms with Crippen molar-refractivity contribution < 1.29 is 23.6 Å². The number of aliphatic hydroxyl groups is 1. The van der Waals surface area contributed by atoms with Crippen LogP contribution in [0.1, 0.15) is 36.2 Å². The molecule has 2 atom stereocenters. The number of benzene rings is 1. The van der Waals surface area contributed by atoms with E-state index in [1.54, 1.807) is 12.1 Å². The minimum Gasteiger partial charge on any atom is -0.391 e. The van der Waals surface area contributed by atoms with Crippen LogP contribution in [0.15, 0.2) is 34.9 Å². The minimum absolute atomic E-state index is 0.181. The van der Waals surface area contributed by atoms with Gasteiger partial charge in [-0.05, 0) is 56.6 Å². The van der Waals surface area contributed by atoms with E-state index in [0.717, 1.165) is 32.4 Å². The fourth-order valence-corrected chi connectivity index (χ4v) is 3.59. The van der Waals surface area contributed by atoms with Gasteiger partial charge in [0.25, 0.3) is 5.91 Å². The number of β-amino-alcohol motifs (C(OH)–C–C–N with tert-alkyl or cyclic N) is 1. The third kappa shape index (κ3) is 5.87. The second-order valence-electron chi connectivity index (χ2n) is 7.57. The van der Waals surface area contributed by atoms with E-state index in [-0.39, 0.29) is 17.4 Å². The molecule has 1 aliphatic rings. The minimum atomic E-state index is -0.696. The molecule has 3 rings (SSSR count). The van der Waals surface area contributed by atoms with Crippen LogP contribution in [0.3, 0.4) is 0 Å². The molecule has 9 heteroatoms. The summed E-state index contributed by atoms with van der Waals surface area (Å²) in [5, 5.41) is 16.6. The van der Waals surface area contributed by atoms with Crippen molar-refractivity contribution in [3.63, 3.8) is 0 Å². The SMILES string of the molecule is NC(=O)C1CCN(CCCCCNC(=O)c2cc(-c3ccc(F)cc3)on2)CC1O. The number of unbranched alkanes of at least 4 members (excludes halogenated alkanes) is 2. The van der Waals surface area contributed by atoms with Crippen molar-refractivity contribution >= 4 is 11.8 Å². The van der Waals surface area contributed by atoms with Gasteiger partial charge in [-0.15, -0.1) is 0 Å². The molecule has 1 aromatic heterocycles. The number of hydrogen-bond acceptors (Lipinski definition) is 6. The maximum absolute atomic E-state index is 13.0. The molecule has 1 saturated heterocycles. The van der Waals surface area contributed by atoms with E-state index < -0.39 is 17.9 Å². The first-order chi connectivity index (χ1) is 14.4. The van der Waals surface area contributed by atoms with Crippen LogP contribution in [0.4, 0.5) is 4.39 Å². The first-order valence-electron chi connectivity index (χ1n) is 10.1. The number of amides is 2. The van der Waals surface area contributed by atoms with Gasteiger partial charge in [-0.2, -0.15) is 0 Å². The molecule has 2 amide bonds. The number of halogens is 1. The Labute approximate surface area is 174 Å². The van der Waals surface area contributed by atoms with Crippen molar-refractivity contribution in [1.29, 1.82) is 0 Å². The molecule has 0 spiro atoms. The number of nitrogens with one attached hydrogen (secondary N) is 1. The molecule has 1 fully saturated rings. The number of carbonyl (C=O) groups excluding carboxylic acids is 2. The second-order valence-corrected chi connectivity index (χ2v) is 7.57. The predicted molar refractivity (Wildman–Crippen MR) is 108 cm³/mol. The van der Waals surface area contributed by atoms with Gasteiger partial charge in [-0.1, -0.05) is 11.6 Å². The van der Waals surface area contributed by atoms with Gasteiger partial charge >= 0.3 is 0 Å². The van der Waals surface area contributed by atoms with Crippen LogP contribution in [-0.2, 0) is 4.79 Å². The Morgan fingerprint density at radius 3 is 2.73 bits per heavy atom. The topological polar surface area (TPSA) is 122 Å². The number of carbonyl (C=O) groups is 2. The summed E-state index contributed by atoms with van der Waals surface area (Å²) in [4.78, 5) is 25.5. The van der Waals surface area contributed by atoms with Crippen molar-refractivity contribution in [3.05, 3.63) is 41.8 Å². The molecule has 1 aliphatic heterocycles. The molecular formula is C21H27FN4O4.